The van der Waals surface area contributed by atoms with Gasteiger partial charge < -0.3 is 4.74 Å². The van der Waals surface area contributed by atoms with E-state index in [4.69, 9.17) is 16.3 Å². The van der Waals surface area contributed by atoms with Gasteiger partial charge in [-0.1, -0.05) is 25.5 Å². The van der Waals surface area contributed by atoms with Crippen LogP contribution in [0.1, 0.15) is 26.7 Å². The fourth-order valence-corrected chi connectivity index (χ4v) is 2.65. The molecule has 2 heterocycles. The summed E-state index contributed by atoms with van der Waals surface area (Å²) in [5.41, 5.74) is -0.400. The number of carbonyl (C=O) groups excluding carboxylic acids is 1. The second-order valence-electron chi connectivity index (χ2n) is 4.27. The monoisotopic (exact) mass is 214 g/mol. The third kappa shape index (κ3) is 1.32. The number of hydrogen-bond acceptors (Lipinski definition) is 2. The maximum absolute atomic E-state index is 11.9. The largest absolute Gasteiger partial charge is 0.361 e. The Morgan fingerprint density at radius 2 is 2.36 bits per heavy atom. The van der Waals surface area contributed by atoms with Gasteiger partial charge in [-0.05, 0) is 13.3 Å². The van der Waals surface area contributed by atoms with Crippen LogP contribution in [0, 0.1) is 5.92 Å². The van der Waals surface area contributed by atoms with Gasteiger partial charge in [0.25, 0.3) is 0 Å². The molecule has 14 heavy (non-hydrogen) atoms. The molecule has 2 nitrogen and oxygen atoms in total. The normalized spacial score (nSPS) is 45.9. The summed E-state index contributed by atoms with van der Waals surface area (Å²) in [5.74, 6) is 0.0854. The SMILES string of the molecule is CCCC1C(=O)C(Cl)C2C=CC1(C)O2. The van der Waals surface area contributed by atoms with Crippen molar-refractivity contribution in [1.82, 2.24) is 0 Å². The fourth-order valence-electron chi connectivity index (χ4n) is 2.37. The van der Waals surface area contributed by atoms with Crippen molar-refractivity contribution < 1.29 is 9.53 Å². The van der Waals surface area contributed by atoms with Crippen LogP contribution in [0.15, 0.2) is 12.2 Å². The van der Waals surface area contributed by atoms with Gasteiger partial charge in [-0.3, -0.25) is 4.79 Å². The van der Waals surface area contributed by atoms with Crippen molar-refractivity contribution in [1.29, 1.82) is 0 Å². The highest BCUT2D eigenvalue weighted by atomic mass is 35.5. The number of ketones is 1. The second kappa shape index (κ2) is 3.35. The van der Waals surface area contributed by atoms with E-state index in [9.17, 15) is 4.79 Å². The standard InChI is InChI=1S/C11H15ClO2/c1-3-4-7-10(13)9(12)8-5-6-11(7,2)14-8/h5-9H,3-4H2,1-2H3. The molecule has 0 aromatic heterocycles. The van der Waals surface area contributed by atoms with Crippen molar-refractivity contribution in [2.75, 3.05) is 0 Å². The van der Waals surface area contributed by atoms with Gasteiger partial charge in [-0.15, -0.1) is 11.6 Å². The van der Waals surface area contributed by atoms with E-state index in [-0.39, 0.29) is 17.8 Å². The van der Waals surface area contributed by atoms with Gasteiger partial charge in [0.05, 0.1) is 11.5 Å². The Hall–Kier alpha value is -0.340. The molecule has 0 aromatic rings. The zero-order valence-electron chi connectivity index (χ0n) is 8.50. The summed E-state index contributed by atoms with van der Waals surface area (Å²) in [6.07, 6.45) is 5.55. The van der Waals surface area contributed by atoms with Gasteiger partial charge in [-0.2, -0.15) is 0 Å². The smallest absolute Gasteiger partial charge is 0.159 e. The minimum Gasteiger partial charge on any atom is -0.361 e. The van der Waals surface area contributed by atoms with E-state index >= 15 is 0 Å². The molecular formula is C11H15ClO2. The summed E-state index contributed by atoms with van der Waals surface area (Å²) in [6, 6.07) is 0. The number of halogens is 1. The number of Topliss-reactive ketones (excluding diaryl/α,β-unsaturated/α-hetero) is 1. The van der Waals surface area contributed by atoms with Crippen molar-refractivity contribution in [2.45, 2.75) is 43.8 Å². The second-order valence-corrected chi connectivity index (χ2v) is 4.74. The molecule has 0 spiro atoms. The van der Waals surface area contributed by atoms with E-state index in [1.165, 1.54) is 0 Å². The van der Waals surface area contributed by atoms with Crippen molar-refractivity contribution in [2.24, 2.45) is 5.92 Å². The van der Waals surface area contributed by atoms with Crippen molar-refractivity contribution in [3.05, 3.63) is 12.2 Å². The van der Waals surface area contributed by atoms with Gasteiger partial charge in [0.1, 0.15) is 11.5 Å². The Labute approximate surface area is 89.3 Å². The summed E-state index contributed by atoms with van der Waals surface area (Å²) in [4.78, 5) is 11.9. The Kier molecular flexibility index (Phi) is 2.44. The van der Waals surface area contributed by atoms with Gasteiger partial charge in [-0.25, -0.2) is 0 Å². The van der Waals surface area contributed by atoms with Crippen molar-refractivity contribution >= 4 is 17.4 Å². The summed E-state index contributed by atoms with van der Waals surface area (Å²) >= 11 is 6.03. The van der Waals surface area contributed by atoms with Gasteiger partial charge >= 0.3 is 0 Å². The van der Waals surface area contributed by atoms with Crippen LogP contribution >= 0.6 is 11.6 Å². The Bertz CT molecular complexity index is 287. The molecule has 0 radical (unpaired) electrons. The molecule has 2 aliphatic heterocycles. The number of fused-ring (bicyclic) bond motifs is 2. The molecule has 0 amide bonds. The van der Waals surface area contributed by atoms with Crippen molar-refractivity contribution in [3.8, 4) is 0 Å². The van der Waals surface area contributed by atoms with Crippen molar-refractivity contribution in [3.63, 3.8) is 0 Å². The third-order valence-corrected chi connectivity index (χ3v) is 3.64. The third-order valence-electron chi connectivity index (χ3n) is 3.18. The van der Waals surface area contributed by atoms with E-state index in [2.05, 4.69) is 6.92 Å². The molecule has 1 fully saturated rings. The zero-order valence-corrected chi connectivity index (χ0v) is 9.25. The number of hydrogen-bond donors (Lipinski definition) is 0. The molecule has 4 atom stereocenters. The number of ether oxygens (including phenoxy) is 1. The van der Waals surface area contributed by atoms with E-state index < -0.39 is 11.0 Å². The Morgan fingerprint density at radius 3 is 3.00 bits per heavy atom. The predicted molar refractivity (Wildman–Crippen MR) is 55.5 cm³/mol. The quantitative estimate of drug-likeness (QED) is 0.521. The maximum Gasteiger partial charge on any atom is 0.159 e. The van der Waals surface area contributed by atoms with Crippen LogP contribution < -0.4 is 0 Å². The van der Waals surface area contributed by atoms with E-state index in [0.717, 1.165) is 12.8 Å². The van der Waals surface area contributed by atoms with Crippen LogP contribution in [-0.2, 0) is 9.53 Å². The zero-order chi connectivity index (χ0) is 10.3. The lowest BCUT2D eigenvalue weighted by molar-refractivity contribution is -0.147. The number of alkyl halides is 1. The lowest BCUT2D eigenvalue weighted by Crippen LogP contribution is -2.51. The average molecular weight is 215 g/mol. The van der Waals surface area contributed by atoms with Crippen LogP contribution in [0.2, 0.25) is 0 Å². The first kappa shape index (κ1) is 10.2. The van der Waals surface area contributed by atoms with Gasteiger partial charge in [0.2, 0.25) is 0 Å². The lowest BCUT2D eigenvalue weighted by atomic mass is 9.80. The van der Waals surface area contributed by atoms with E-state index in [1.807, 2.05) is 19.1 Å². The first-order valence-corrected chi connectivity index (χ1v) is 5.57. The summed E-state index contributed by atoms with van der Waals surface area (Å²) in [7, 11) is 0. The molecule has 0 aliphatic carbocycles. The first-order chi connectivity index (χ1) is 6.58. The van der Waals surface area contributed by atoms with Crippen LogP contribution in [0.5, 0.6) is 0 Å². The number of carbonyl (C=O) groups is 1. The van der Waals surface area contributed by atoms with Crippen LogP contribution in [-0.4, -0.2) is 22.9 Å². The van der Waals surface area contributed by atoms with Crippen LogP contribution in [0.3, 0.4) is 0 Å². The molecule has 2 aliphatic rings. The highest BCUT2D eigenvalue weighted by molar-refractivity contribution is 6.32. The topological polar surface area (TPSA) is 26.3 Å². The highest BCUT2D eigenvalue weighted by Crippen LogP contribution is 2.42. The molecular weight excluding hydrogens is 200 g/mol. The summed E-state index contributed by atoms with van der Waals surface area (Å²) in [6.45, 7) is 4.05. The molecule has 2 rings (SSSR count). The minimum absolute atomic E-state index is 0.0648. The minimum atomic E-state index is -0.488. The molecule has 2 bridgehead atoms. The molecule has 3 heteroatoms. The summed E-state index contributed by atoms with van der Waals surface area (Å²) in [5, 5.41) is -0.488. The molecule has 4 unspecified atom stereocenters. The molecule has 0 N–H and O–H groups in total. The predicted octanol–water partition coefficient (Wildman–Crippen LogP) is 2.31. The van der Waals surface area contributed by atoms with Crippen LogP contribution in [0.25, 0.3) is 0 Å². The Balaban J connectivity index is 2.28. The maximum atomic E-state index is 11.9. The van der Waals surface area contributed by atoms with Gasteiger partial charge in [0, 0.05) is 0 Å². The first-order valence-electron chi connectivity index (χ1n) is 5.13. The molecule has 0 saturated carbocycles. The van der Waals surface area contributed by atoms with Gasteiger partial charge in [0.15, 0.2) is 5.78 Å². The van der Waals surface area contributed by atoms with E-state index in [1.54, 1.807) is 0 Å². The van der Waals surface area contributed by atoms with E-state index in [0.29, 0.717) is 0 Å². The fraction of sp³-hybridized carbons (Fsp3) is 0.727. The lowest BCUT2D eigenvalue weighted by Gasteiger charge is -2.39. The number of rotatable bonds is 2. The average Bonchev–Trinajstić information content (AvgIpc) is 2.52. The Morgan fingerprint density at radius 1 is 1.64 bits per heavy atom. The molecule has 1 saturated heterocycles. The molecule has 78 valence electrons. The summed E-state index contributed by atoms with van der Waals surface area (Å²) < 4.78 is 5.77. The van der Waals surface area contributed by atoms with Crippen LogP contribution in [0.4, 0.5) is 0 Å². The highest BCUT2D eigenvalue weighted by Gasteiger charge is 2.51. The molecule has 0 aromatic carbocycles.